The number of nitrogens with zero attached hydrogens (tertiary/aromatic N) is 4. The molecule has 4 rings (SSSR count). The second kappa shape index (κ2) is 7.20. The van der Waals surface area contributed by atoms with Crippen LogP contribution in [0.2, 0.25) is 0 Å². The third-order valence-electron chi connectivity index (χ3n) is 5.86. The molecule has 0 aliphatic heterocycles. The van der Waals surface area contributed by atoms with Gasteiger partial charge >= 0.3 is 6.18 Å². The van der Waals surface area contributed by atoms with Crippen LogP contribution in [0.25, 0.3) is 0 Å². The molecule has 11 heteroatoms. The molecule has 0 spiro atoms. The number of hydrogen-bond acceptors (Lipinski definition) is 6. The van der Waals surface area contributed by atoms with Crippen LogP contribution in [0.4, 0.5) is 30.6 Å². The number of carbonyl (C=O) groups is 1. The van der Waals surface area contributed by atoms with Crippen molar-refractivity contribution < 1.29 is 18.0 Å². The largest absolute Gasteiger partial charge is 0.421 e. The summed E-state index contributed by atoms with van der Waals surface area (Å²) in [4.78, 5) is 19.8. The fraction of sp³-hybridized carbons (Fsp3) is 0.556. The van der Waals surface area contributed by atoms with E-state index in [0.29, 0.717) is 12.2 Å². The highest BCUT2D eigenvalue weighted by Gasteiger charge is 2.51. The topological polar surface area (TPSA) is 111 Å². The molecule has 2 aliphatic carbocycles. The Morgan fingerprint density at radius 2 is 2.07 bits per heavy atom. The molecule has 2 fully saturated rings. The summed E-state index contributed by atoms with van der Waals surface area (Å²) in [5.74, 6) is -1.10. The van der Waals surface area contributed by atoms with Gasteiger partial charge in [0.25, 0.3) is 0 Å². The lowest BCUT2D eigenvalue weighted by atomic mass is 9.84. The van der Waals surface area contributed by atoms with Crippen LogP contribution >= 0.6 is 0 Å². The SMILES string of the molecule is CCn1cc(Nc2ncc(C(F)(F)F)c(N[C@H]3[C@@H]4CC[C@H](C4)[C@H]3C(N)=O)n2)cn1. The Hall–Kier alpha value is -2.85. The number of fused-ring (bicyclic) bond motifs is 2. The monoisotopic (exact) mass is 409 g/mol. The zero-order chi connectivity index (χ0) is 20.8. The fourth-order valence-electron chi connectivity index (χ4n) is 4.56. The second-order valence-electron chi connectivity index (χ2n) is 7.59. The van der Waals surface area contributed by atoms with Crippen molar-refractivity contribution in [3.05, 3.63) is 24.2 Å². The van der Waals surface area contributed by atoms with E-state index in [1.54, 1.807) is 10.9 Å². The predicted octanol–water partition coefficient (Wildman–Crippen LogP) is 2.77. The summed E-state index contributed by atoms with van der Waals surface area (Å²) < 4.78 is 42.2. The molecular formula is C18H22F3N7O. The van der Waals surface area contributed by atoms with E-state index in [0.717, 1.165) is 25.5 Å². The number of hydrogen-bond donors (Lipinski definition) is 3. The zero-order valence-electron chi connectivity index (χ0n) is 15.8. The van der Waals surface area contributed by atoms with Crippen molar-refractivity contribution in [2.24, 2.45) is 23.5 Å². The Morgan fingerprint density at radius 1 is 1.31 bits per heavy atom. The number of primary amides is 1. The summed E-state index contributed by atoms with van der Waals surface area (Å²) in [7, 11) is 0. The van der Waals surface area contributed by atoms with Crippen molar-refractivity contribution in [3.63, 3.8) is 0 Å². The van der Waals surface area contributed by atoms with Gasteiger partial charge in [0, 0.05) is 25.0 Å². The molecule has 2 aromatic heterocycles. The molecule has 0 aromatic carbocycles. The lowest BCUT2D eigenvalue weighted by molar-refractivity contribution is -0.137. The van der Waals surface area contributed by atoms with Gasteiger partial charge in [-0.3, -0.25) is 9.48 Å². The Kier molecular flexibility index (Phi) is 4.83. The first-order chi connectivity index (χ1) is 13.8. The first-order valence-electron chi connectivity index (χ1n) is 9.55. The summed E-state index contributed by atoms with van der Waals surface area (Å²) in [6.45, 7) is 2.57. The molecule has 156 valence electrons. The average Bonchev–Trinajstić information content (AvgIpc) is 3.36. The number of alkyl halides is 3. The number of halogens is 3. The highest BCUT2D eigenvalue weighted by Crippen LogP contribution is 2.50. The van der Waals surface area contributed by atoms with Gasteiger partial charge in [0.05, 0.1) is 17.8 Å². The summed E-state index contributed by atoms with van der Waals surface area (Å²) in [5, 5.41) is 9.85. The Morgan fingerprint density at radius 3 is 2.72 bits per heavy atom. The van der Waals surface area contributed by atoms with Gasteiger partial charge in [0.2, 0.25) is 11.9 Å². The number of nitrogens with one attached hydrogen (secondary N) is 2. The molecule has 1 amide bonds. The summed E-state index contributed by atoms with van der Waals surface area (Å²) in [6, 6.07) is -0.460. The molecule has 2 heterocycles. The van der Waals surface area contributed by atoms with Crippen molar-refractivity contribution in [2.75, 3.05) is 10.6 Å². The van der Waals surface area contributed by atoms with Gasteiger partial charge in [0.15, 0.2) is 0 Å². The first kappa shape index (κ1) is 19.5. The van der Waals surface area contributed by atoms with E-state index >= 15 is 0 Å². The lowest BCUT2D eigenvalue weighted by Gasteiger charge is -2.30. The predicted molar refractivity (Wildman–Crippen MR) is 99.1 cm³/mol. The van der Waals surface area contributed by atoms with Crippen LogP contribution in [-0.4, -0.2) is 31.7 Å². The van der Waals surface area contributed by atoms with E-state index in [9.17, 15) is 18.0 Å². The number of aromatic nitrogens is 4. The number of rotatable bonds is 6. The molecule has 2 saturated carbocycles. The Balaban J connectivity index is 1.63. The summed E-state index contributed by atoms with van der Waals surface area (Å²) >= 11 is 0. The molecule has 29 heavy (non-hydrogen) atoms. The van der Waals surface area contributed by atoms with E-state index in [1.165, 1.54) is 6.20 Å². The maximum absolute atomic E-state index is 13.5. The third-order valence-corrected chi connectivity index (χ3v) is 5.86. The molecule has 0 saturated heterocycles. The van der Waals surface area contributed by atoms with Crippen LogP contribution in [-0.2, 0) is 17.5 Å². The van der Waals surface area contributed by atoms with E-state index in [1.807, 2.05) is 6.92 Å². The minimum absolute atomic E-state index is 0.00920. The highest BCUT2D eigenvalue weighted by molar-refractivity contribution is 5.79. The van der Waals surface area contributed by atoms with Crippen molar-refractivity contribution in [1.29, 1.82) is 0 Å². The second-order valence-corrected chi connectivity index (χ2v) is 7.59. The fourth-order valence-corrected chi connectivity index (χ4v) is 4.56. The van der Waals surface area contributed by atoms with E-state index in [-0.39, 0.29) is 23.6 Å². The number of carbonyl (C=O) groups excluding carboxylic acids is 1. The van der Waals surface area contributed by atoms with Gasteiger partial charge in [-0.2, -0.15) is 23.3 Å². The summed E-state index contributed by atoms with van der Waals surface area (Å²) in [6.07, 6.45) is 1.88. The van der Waals surface area contributed by atoms with Crippen LogP contribution in [0, 0.1) is 17.8 Å². The van der Waals surface area contributed by atoms with Gasteiger partial charge in [-0.05, 0) is 38.0 Å². The zero-order valence-corrected chi connectivity index (χ0v) is 15.8. The van der Waals surface area contributed by atoms with Crippen LogP contribution < -0.4 is 16.4 Å². The molecule has 0 radical (unpaired) electrons. The number of amides is 1. The molecule has 2 aromatic rings. The quantitative estimate of drug-likeness (QED) is 0.677. The van der Waals surface area contributed by atoms with Crippen molar-refractivity contribution >= 4 is 23.4 Å². The molecule has 0 unspecified atom stereocenters. The van der Waals surface area contributed by atoms with Gasteiger partial charge in [-0.15, -0.1) is 0 Å². The maximum Gasteiger partial charge on any atom is 0.421 e. The molecule has 4 atom stereocenters. The summed E-state index contributed by atoms with van der Waals surface area (Å²) in [5.41, 5.74) is 5.13. The Bertz CT molecular complexity index is 913. The van der Waals surface area contributed by atoms with Crippen LogP contribution in [0.5, 0.6) is 0 Å². The van der Waals surface area contributed by atoms with Gasteiger partial charge in [-0.1, -0.05) is 0 Å². The van der Waals surface area contributed by atoms with Gasteiger partial charge in [-0.25, -0.2) is 4.98 Å². The molecule has 2 bridgehead atoms. The van der Waals surface area contributed by atoms with Gasteiger partial charge in [0.1, 0.15) is 11.4 Å². The van der Waals surface area contributed by atoms with Crippen LogP contribution in [0.1, 0.15) is 31.7 Å². The van der Waals surface area contributed by atoms with Crippen LogP contribution in [0.15, 0.2) is 18.6 Å². The molecule has 4 N–H and O–H groups in total. The smallest absolute Gasteiger partial charge is 0.369 e. The maximum atomic E-state index is 13.5. The van der Waals surface area contributed by atoms with Crippen molar-refractivity contribution in [1.82, 2.24) is 19.7 Å². The van der Waals surface area contributed by atoms with Crippen molar-refractivity contribution in [3.8, 4) is 0 Å². The molecule has 8 nitrogen and oxygen atoms in total. The van der Waals surface area contributed by atoms with Crippen LogP contribution in [0.3, 0.4) is 0 Å². The third kappa shape index (κ3) is 3.73. The standard InChI is InChI=1S/C18H22F3N7O/c1-2-28-8-11(6-24-28)25-17-23-7-12(18(19,20)21)16(27-17)26-14-10-4-3-9(5-10)13(14)15(22)29/h6-10,13-14H,2-5H2,1H3,(H2,22,29)(H2,23,25,26,27)/t9-,10-,13-,14+/m1/s1. The van der Waals surface area contributed by atoms with Gasteiger partial charge < -0.3 is 16.4 Å². The number of anilines is 3. The minimum atomic E-state index is -4.63. The molecular weight excluding hydrogens is 387 g/mol. The highest BCUT2D eigenvalue weighted by atomic mass is 19.4. The Labute approximate surface area is 165 Å². The number of nitrogens with two attached hydrogens (primary N) is 1. The normalized spacial score (nSPS) is 25.9. The first-order valence-corrected chi connectivity index (χ1v) is 9.55. The molecule has 2 aliphatic rings. The van der Waals surface area contributed by atoms with E-state index < -0.39 is 29.6 Å². The van der Waals surface area contributed by atoms with E-state index in [4.69, 9.17) is 5.73 Å². The average molecular weight is 409 g/mol. The number of aryl methyl sites for hydroxylation is 1. The minimum Gasteiger partial charge on any atom is -0.369 e. The van der Waals surface area contributed by atoms with Crippen molar-refractivity contribution in [2.45, 2.75) is 44.9 Å². The van der Waals surface area contributed by atoms with E-state index in [2.05, 4.69) is 25.7 Å². The lowest BCUT2D eigenvalue weighted by Crippen LogP contribution is -2.43.